The van der Waals surface area contributed by atoms with E-state index in [9.17, 15) is 4.79 Å². The van der Waals surface area contributed by atoms with Crippen molar-refractivity contribution >= 4 is 22.4 Å². The van der Waals surface area contributed by atoms with Crippen LogP contribution in [0.5, 0.6) is 0 Å². The van der Waals surface area contributed by atoms with Crippen molar-refractivity contribution in [2.45, 2.75) is 25.8 Å². The average molecular weight is 283 g/mol. The predicted molar refractivity (Wildman–Crippen MR) is 76.9 cm³/mol. The molecule has 0 radical (unpaired) electrons. The third-order valence-electron chi connectivity index (χ3n) is 3.58. The summed E-state index contributed by atoms with van der Waals surface area (Å²) in [6, 6.07) is 0.413. The van der Waals surface area contributed by atoms with Gasteiger partial charge in [0.05, 0.1) is 0 Å². The van der Waals surface area contributed by atoms with Gasteiger partial charge in [-0.05, 0) is 13.3 Å². The number of nitrogens with zero attached hydrogens (tertiary/aromatic N) is 3. The standard InChI is InChI=1S/C12H21N5OS/c1-10(2-3-11(18)15-13)16-5-7-17(8-6-16)12-14-4-9-19-12/h4,9-10H,2-3,5-8,13H2,1H3,(H,15,18). The molecule has 1 aliphatic heterocycles. The minimum absolute atomic E-state index is 0.0896. The Morgan fingerprint density at radius 2 is 2.26 bits per heavy atom. The number of aromatic nitrogens is 1. The summed E-state index contributed by atoms with van der Waals surface area (Å²) in [5.41, 5.74) is 2.18. The number of piperazine rings is 1. The molecule has 3 N–H and O–H groups in total. The summed E-state index contributed by atoms with van der Waals surface area (Å²) >= 11 is 1.69. The van der Waals surface area contributed by atoms with Crippen molar-refractivity contribution in [3.05, 3.63) is 11.6 Å². The SMILES string of the molecule is CC(CCC(=O)NN)N1CCN(c2nccs2)CC1. The Labute approximate surface area is 117 Å². The van der Waals surface area contributed by atoms with Crippen LogP contribution in [0.2, 0.25) is 0 Å². The first-order chi connectivity index (χ1) is 9.20. The van der Waals surface area contributed by atoms with Crippen LogP contribution in [0.4, 0.5) is 5.13 Å². The van der Waals surface area contributed by atoms with Gasteiger partial charge in [-0.1, -0.05) is 0 Å². The van der Waals surface area contributed by atoms with E-state index < -0.39 is 0 Å². The number of rotatable bonds is 5. The number of nitrogens with two attached hydrogens (primary N) is 1. The van der Waals surface area contributed by atoms with Gasteiger partial charge in [-0.25, -0.2) is 10.8 Å². The van der Waals surface area contributed by atoms with Crippen LogP contribution in [0.3, 0.4) is 0 Å². The number of hydrogen-bond acceptors (Lipinski definition) is 6. The Hall–Kier alpha value is -1.18. The second-order valence-electron chi connectivity index (χ2n) is 4.79. The Morgan fingerprint density at radius 1 is 1.53 bits per heavy atom. The van der Waals surface area contributed by atoms with Gasteiger partial charge < -0.3 is 4.90 Å². The molecule has 6 nitrogen and oxygen atoms in total. The third-order valence-corrected chi connectivity index (χ3v) is 4.41. The molecule has 106 valence electrons. The lowest BCUT2D eigenvalue weighted by atomic mass is 10.1. The van der Waals surface area contributed by atoms with Crippen molar-refractivity contribution in [3.63, 3.8) is 0 Å². The first kappa shape index (κ1) is 14.2. The molecule has 0 spiro atoms. The highest BCUT2D eigenvalue weighted by Crippen LogP contribution is 2.20. The maximum absolute atomic E-state index is 11.1. The van der Waals surface area contributed by atoms with E-state index in [1.807, 2.05) is 11.6 Å². The summed E-state index contributed by atoms with van der Waals surface area (Å²) in [7, 11) is 0. The first-order valence-corrected chi connectivity index (χ1v) is 7.46. The third kappa shape index (κ3) is 3.89. The molecule has 1 saturated heterocycles. The van der Waals surface area contributed by atoms with Crippen molar-refractivity contribution in [2.75, 3.05) is 31.1 Å². The molecule has 0 saturated carbocycles. The van der Waals surface area contributed by atoms with E-state index in [0.29, 0.717) is 12.5 Å². The largest absolute Gasteiger partial charge is 0.346 e. The minimum atomic E-state index is -0.0896. The summed E-state index contributed by atoms with van der Waals surface area (Å²) in [6.45, 7) is 6.21. The van der Waals surface area contributed by atoms with Crippen molar-refractivity contribution in [1.29, 1.82) is 0 Å². The maximum Gasteiger partial charge on any atom is 0.233 e. The average Bonchev–Trinajstić information content (AvgIpc) is 2.98. The zero-order valence-corrected chi connectivity index (χ0v) is 12.0. The van der Waals surface area contributed by atoms with Crippen molar-refractivity contribution in [3.8, 4) is 0 Å². The van der Waals surface area contributed by atoms with Gasteiger partial charge in [0.25, 0.3) is 0 Å². The van der Waals surface area contributed by atoms with Crippen LogP contribution < -0.4 is 16.2 Å². The van der Waals surface area contributed by atoms with Crippen LogP contribution in [0, 0.1) is 0 Å². The van der Waals surface area contributed by atoms with Crippen molar-refractivity contribution in [1.82, 2.24) is 15.3 Å². The highest BCUT2D eigenvalue weighted by Gasteiger charge is 2.22. The number of amides is 1. The number of hydrogen-bond donors (Lipinski definition) is 2. The normalized spacial score (nSPS) is 18.3. The monoisotopic (exact) mass is 283 g/mol. The van der Waals surface area contributed by atoms with Crippen LogP contribution in [-0.2, 0) is 4.79 Å². The van der Waals surface area contributed by atoms with Gasteiger partial charge in [0, 0.05) is 50.2 Å². The molecule has 1 aromatic rings. The van der Waals surface area contributed by atoms with E-state index in [2.05, 4.69) is 27.1 Å². The van der Waals surface area contributed by atoms with Gasteiger partial charge in [-0.3, -0.25) is 15.1 Å². The molecule has 1 aliphatic rings. The second-order valence-corrected chi connectivity index (χ2v) is 5.67. The van der Waals surface area contributed by atoms with Gasteiger partial charge in [0.1, 0.15) is 0 Å². The molecule has 19 heavy (non-hydrogen) atoms. The number of nitrogens with one attached hydrogen (secondary N) is 1. The Bertz CT molecular complexity index is 389. The highest BCUT2D eigenvalue weighted by atomic mass is 32.1. The topological polar surface area (TPSA) is 74.5 Å². The highest BCUT2D eigenvalue weighted by molar-refractivity contribution is 7.13. The number of carbonyl (C=O) groups is 1. The zero-order valence-electron chi connectivity index (χ0n) is 11.2. The van der Waals surface area contributed by atoms with E-state index in [1.54, 1.807) is 11.3 Å². The Kier molecular flexibility index (Phi) is 5.12. The fourth-order valence-corrected chi connectivity index (χ4v) is 3.02. The summed E-state index contributed by atoms with van der Waals surface area (Å²) < 4.78 is 0. The molecule has 2 heterocycles. The Balaban J connectivity index is 1.75. The number of hydrazine groups is 1. The van der Waals surface area contributed by atoms with Crippen LogP contribution in [0.1, 0.15) is 19.8 Å². The molecule has 1 atom stereocenters. The van der Waals surface area contributed by atoms with Gasteiger partial charge in [-0.15, -0.1) is 11.3 Å². The summed E-state index contributed by atoms with van der Waals surface area (Å²) in [5, 5.41) is 3.12. The van der Waals surface area contributed by atoms with Crippen LogP contribution >= 0.6 is 11.3 Å². The van der Waals surface area contributed by atoms with Gasteiger partial charge in [0.15, 0.2) is 5.13 Å². The van der Waals surface area contributed by atoms with Gasteiger partial charge >= 0.3 is 0 Å². The minimum Gasteiger partial charge on any atom is -0.346 e. The summed E-state index contributed by atoms with van der Waals surface area (Å²) in [4.78, 5) is 20.2. The molecule has 1 fully saturated rings. The van der Waals surface area contributed by atoms with E-state index in [-0.39, 0.29) is 5.91 Å². The molecule has 7 heteroatoms. The van der Waals surface area contributed by atoms with E-state index >= 15 is 0 Å². The molecule has 0 aliphatic carbocycles. The molecule has 2 rings (SSSR count). The number of anilines is 1. The lowest BCUT2D eigenvalue weighted by molar-refractivity contribution is -0.121. The Morgan fingerprint density at radius 3 is 2.84 bits per heavy atom. The fourth-order valence-electron chi connectivity index (χ4n) is 2.32. The maximum atomic E-state index is 11.1. The smallest absolute Gasteiger partial charge is 0.233 e. The van der Waals surface area contributed by atoms with E-state index in [4.69, 9.17) is 5.84 Å². The lowest BCUT2D eigenvalue weighted by Gasteiger charge is -2.38. The number of thiazole rings is 1. The van der Waals surface area contributed by atoms with Crippen LogP contribution in [0.25, 0.3) is 0 Å². The van der Waals surface area contributed by atoms with E-state index in [0.717, 1.165) is 37.7 Å². The van der Waals surface area contributed by atoms with Crippen molar-refractivity contribution < 1.29 is 4.79 Å². The zero-order chi connectivity index (χ0) is 13.7. The summed E-state index contributed by atoms with van der Waals surface area (Å²) in [5.74, 6) is 4.99. The lowest BCUT2D eigenvalue weighted by Crippen LogP contribution is -2.49. The molecular formula is C12H21N5OS. The number of carbonyl (C=O) groups excluding carboxylic acids is 1. The quantitative estimate of drug-likeness (QED) is 0.465. The molecule has 0 bridgehead atoms. The molecule has 0 aromatic carbocycles. The molecule has 1 amide bonds. The van der Waals surface area contributed by atoms with Crippen molar-refractivity contribution in [2.24, 2.45) is 5.84 Å². The predicted octanol–water partition coefficient (Wildman–Crippen LogP) is 0.424. The first-order valence-electron chi connectivity index (χ1n) is 6.58. The summed E-state index contributed by atoms with van der Waals surface area (Å²) in [6.07, 6.45) is 3.19. The van der Waals surface area contributed by atoms with Crippen LogP contribution in [0.15, 0.2) is 11.6 Å². The fraction of sp³-hybridized carbons (Fsp3) is 0.667. The molecule has 1 aromatic heterocycles. The van der Waals surface area contributed by atoms with E-state index in [1.165, 1.54) is 0 Å². The van der Waals surface area contributed by atoms with Gasteiger partial charge in [-0.2, -0.15) is 0 Å². The molecule has 1 unspecified atom stereocenters. The second kappa shape index (κ2) is 6.83. The van der Waals surface area contributed by atoms with Gasteiger partial charge in [0.2, 0.25) is 5.91 Å². The molecular weight excluding hydrogens is 262 g/mol. The van der Waals surface area contributed by atoms with Crippen LogP contribution in [-0.4, -0.2) is 48.0 Å².